The van der Waals surface area contributed by atoms with E-state index in [2.05, 4.69) is 12.2 Å². The highest BCUT2D eigenvalue weighted by Gasteiger charge is 2.26. The van der Waals surface area contributed by atoms with E-state index in [1.54, 1.807) is 23.9 Å². The van der Waals surface area contributed by atoms with E-state index in [1.807, 2.05) is 4.90 Å². The Balaban J connectivity index is 1.70. The van der Waals surface area contributed by atoms with E-state index in [1.165, 1.54) is 12.1 Å². The van der Waals surface area contributed by atoms with Crippen LogP contribution in [0.3, 0.4) is 0 Å². The molecule has 2 rings (SSSR count). The first kappa shape index (κ1) is 18.8. The van der Waals surface area contributed by atoms with Crippen molar-refractivity contribution in [3.05, 3.63) is 35.6 Å². The van der Waals surface area contributed by atoms with Gasteiger partial charge in [0, 0.05) is 37.7 Å². The van der Waals surface area contributed by atoms with Gasteiger partial charge in [-0.1, -0.05) is 19.1 Å². The summed E-state index contributed by atoms with van der Waals surface area (Å²) in [7, 11) is 0. The van der Waals surface area contributed by atoms with Crippen molar-refractivity contribution in [1.29, 1.82) is 0 Å². The van der Waals surface area contributed by atoms with Gasteiger partial charge in [-0.2, -0.15) is 11.8 Å². The molecule has 132 valence electrons. The first-order valence-electron chi connectivity index (χ1n) is 8.47. The molecular formula is C18H25FN2O2S. The van der Waals surface area contributed by atoms with Crippen molar-refractivity contribution < 1.29 is 14.0 Å². The molecular weight excluding hydrogens is 327 g/mol. The molecule has 1 aromatic carbocycles. The molecule has 24 heavy (non-hydrogen) atoms. The number of thioether (sulfide) groups is 1. The number of amides is 2. The molecule has 4 nitrogen and oxygen atoms in total. The number of piperidine rings is 1. The predicted molar refractivity (Wildman–Crippen MR) is 95.2 cm³/mol. The molecule has 6 heteroatoms. The smallest absolute Gasteiger partial charge is 0.223 e. The van der Waals surface area contributed by atoms with Gasteiger partial charge in [0.25, 0.3) is 0 Å². The normalized spacial score (nSPS) is 15.3. The molecule has 0 spiro atoms. The molecule has 0 bridgehead atoms. The van der Waals surface area contributed by atoms with Crippen LogP contribution < -0.4 is 5.32 Å². The van der Waals surface area contributed by atoms with E-state index in [-0.39, 0.29) is 23.5 Å². The zero-order valence-corrected chi connectivity index (χ0v) is 14.9. The van der Waals surface area contributed by atoms with E-state index in [9.17, 15) is 14.0 Å². The lowest BCUT2D eigenvalue weighted by atomic mass is 9.95. The Morgan fingerprint density at radius 1 is 1.25 bits per heavy atom. The third-order valence-electron chi connectivity index (χ3n) is 4.26. The summed E-state index contributed by atoms with van der Waals surface area (Å²) in [4.78, 5) is 26.2. The van der Waals surface area contributed by atoms with Gasteiger partial charge in [-0.15, -0.1) is 0 Å². The second-order valence-corrected chi connectivity index (χ2v) is 7.34. The van der Waals surface area contributed by atoms with Crippen molar-refractivity contribution >= 4 is 23.6 Å². The number of nitrogens with zero attached hydrogens (tertiary/aromatic N) is 1. The minimum Gasteiger partial charge on any atom is -0.352 e. The van der Waals surface area contributed by atoms with Crippen LogP contribution in [0.2, 0.25) is 0 Å². The highest BCUT2D eigenvalue weighted by Crippen LogP contribution is 2.19. The molecule has 0 atom stereocenters. The van der Waals surface area contributed by atoms with Gasteiger partial charge in [0.15, 0.2) is 0 Å². The van der Waals surface area contributed by atoms with Gasteiger partial charge in [-0.3, -0.25) is 9.59 Å². The summed E-state index contributed by atoms with van der Waals surface area (Å²) in [5, 5.41) is 2.91. The van der Waals surface area contributed by atoms with E-state index in [0.29, 0.717) is 38.9 Å². The monoisotopic (exact) mass is 352 g/mol. The summed E-state index contributed by atoms with van der Waals surface area (Å²) in [6.07, 6.45) is 2.00. The molecule has 1 aliphatic rings. The molecule has 1 aliphatic heterocycles. The summed E-state index contributed by atoms with van der Waals surface area (Å²) < 4.78 is 12.9. The number of hydrogen-bond acceptors (Lipinski definition) is 3. The number of carbonyl (C=O) groups is 2. The number of rotatable bonds is 7. The van der Waals surface area contributed by atoms with Gasteiger partial charge < -0.3 is 10.2 Å². The van der Waals surface area contributed by atoms with E-state index >= 15 is 0 Å². The molecule has 0 aliphatic carbocycles. The summed E-state index contributed by atoms with van der Waals surface area (Å²) in [6.45, 7) is 3.81. The second-order valence-electron chi connectivity index (χ2n) is 5.95. The SMILES string of the molecule is CCSCCC(=O)N1CCC(C(=O)NCc2ccc(F)cc2)CC1. The molecule has 0 saturated carbocycles. The van der Waals surface area contributed by atoms with Crippen LogP contribution in [0.15, 0.2) is 24.3 Å². The van der Waals surface area contributed by atoms with Crippen LogP contribution in [0.5, 0.6) is 0 Å². The third kappa shape index (κ3) is 5.82. The van der Waals surface area contributed by atoms with Crippen LogP contribution in [-0.2, 0) is 16.1 Å². The maximum absolute atomic E-state index is 12.9. The van der Waals surface area contributed by atoms with Crippen LogP contribution in [0.1, 0.15) is 31.7 Å². The van der Waals surface area contributed by atoms with Gasteiger partial charge in [0.05, 0.1) is 0 Å². The maximum atomic E-state index is 12.9. The van der Waals surface area contributed by atoms with Gasteiger partial charge in [0.2, 0.25) is 11.8 Å². The van der Waals surface area contributed by atoms with Crippen LogP contribution >= 0.6 is 11.8 Å². The molecule has 2 amide bonds. The molecule has 1 saturated heterocycles. The topological polar surface area (TPSA) is 49.4 Å². The van der Waals surface area contributed by atoms with Crippen LogP contribution in [-0.4, -0.2) is 41.3 Å². The number of likely N-dealkylation sites (tertiary alicyclic amines) is 1. The Labute approximate surface area is 147 Å². The molecule has 0 radical (unpaired) electrons. The van der Waals surface area contributed by atoms with E-state index < -0.39 is 0 Å². The molecule has 0 unspecified atom stereocenters. The Morgan fingerprint density at radius 2 is 1.92 bits per heavy atom. The largest absolute Gasteiger partial charge is 0.352 e. The Bertz CT molecular complexity index is 542. The van der Waals surface area contributed by atoms with Gasteiger partial charge in [-0.05, 0) is 36.3 Å². The highest BCUT2D eigenvalue weighted by atomic mass is 32.2. The first-order chi connectivity index (χ1) is 11.6. The van der Waals surface area contributed by atoms with Crippen molar-refractivity contribution in [3.8, 4) is 0 Å². The second kappa shape index (κ2) is 9.67. The van der Waals surface area contributed by atoms with Crippen LogP contribution in [0, 0.1) is 11.7 Å². The fourth-order valence-corrected chi connectivity index (χ4v) is 3.40. The fourth-order valence-electron chi connectivity index (χ4n) is 2.79. The average molecular weight is 352 g/mol. The highest BCUT2D eigenvalue weighted by molar-refractivity contribution is 7.99. The summed E-state index contributed by atoms with van der Waals surface area (Å²) >= 11 is 1.78. The van der Waals surface area contributed by atoms with Crippen molar-refractivity contribution in [2.24, 2.45) is 5.92 Å². The van der Waals surface area contributed by atoms with E-state index in [4.69, 9.17) is 0 Å². The lowest BCUT2D eigenvalue weighted by Crippen LogP contribution is -2.43. The molecule has 1 heterocycles. The van der Waals surface area contributed by atoms with E-state index in [0.717, 1.165) is 17.1 Å². The lowest BCUT2D eigenvalue weighted by Gasteiger charge is -2.31. The molecule has 0 aromatic heterocycles. The van der Waals surface area contributed by atoms with Crippen LogP contribution in [0.25, 0.3) is 0 Å². The Hall–Kier alpha value is -1.56. The Kier molecular flexibility index (Phi) is 7.56. The lowest BCUT2D eigenvalue weighted by molar-refractivity contribution is -0.135. The average Bonchev–Trinajstić information content (AvgIpc) is 2.61. The minimum atomic E-state index is -0.278. The quantitative estimate of drug-likeness (QED) is 0.768. The van der Waals surface area contributed by atoms with Crippen molar-refractivity contribution in [3.63, 3.8) is 0 Å². The standard InChI is InChI=1S/C18H25FN2O2S/c1-2-24-12-9-17(22)21-10-7-15(8-11-21)18(23)20-13-14-3-5-16(19)6-4-14/h3-6,15H,2,7-13H2,1H3,(H,20,23). The van der Waals surface area contributed by atoms with Gasteiger partial charge in [0.1, 0.15) is 5.82 Å². The first-order valence-corrected chi connectivity index (χ1v) is 9.63. The number of benzene rings is 1. The molecule has 1 aromatic rings. The third-order valence-corrected chi connectivity index (χ3v) is 5.16. The summed E-state index contributed by atoms with van der Waals surface area (Å²) in [6, 6.07) is 6.13. The molecule has 1 N–H and O–H groups in total. The fraction of sp³-hybridized carbons (Fsp3) is 0.556. The summed E-state index contributed by atoms with van der Waals surface area (Å²) in [5.41, 5.74) is 0.880. The maximum Gasteiger partial charge on any atom is 0.223 e. The van der Waals surface area contributed by atoms with Crippen molar-refractivity contribution in [2.45, 2.75) is 32.7 Å². The minimum absolute atomic E-state index is 0.0213. The van der Waals surface area contributed by atoms with Crippen LogP contribution in [0.4, 0.5) is 4.39 Å². The molecule has 1 fully saturated rings. The predicted octanol–water partition coefficient (Wildman–Crippen LogP) is 2.82. The summed E-state index contributed by atoms with van der Waals surface area (Å²) in [5.74, 6) is 1.80. The number of hydrogen-bond donors (Lipinski definition) is 1. The number of carbonyl (C=O) groups excluding carboxylic acids is 2. The van der Waals surface area contributed by atoms with Crippen molar-refractivity contribution in [2.75, 3.05) is 24.6 Å². The zero-order valence-electron chi connectivity index (χ0n) is 14.1. The Morgan fingerprint density at radius 3 is 2.54 bits per heavy atom. The van der Waals surface area contributed by atoms with Crippen molar-refractivity contribution in [1.82, 2.24) is 10.2 Å². The van der Waals surface area contributed by atoms with Gasteiger partial charge in [-0.25, -0.2) is 4.39 Å². The zero-order chi connectivity index (χ0) is 17.4. The number of halogens is 1. The number of nitrogens with one attached hydrogen (secondary N) is 1. The van der Waals surface area contributed by atoms with Gasteiger partial charge >= 0.3 is 0 Å².